The molecule has 2 aliphatic heterocycles. The molecule has 1 aromatic carbocycles. The number of anilines is 1. The van der Waals surface area contributed by atoms with E-state index in [0.29, 0.717) is 50.5 Å². The van der Waals surface area contributed by atoms with E-state index in [1.165, 1.54) is 4.90 Å². The maximum atomic E-state index is 13.8. The molecule has 4 amide bonds. The minimum atomic E-state index is -1.04. The lowest BCUT2D eigenvalue weighted by molar-refractivity contribution is -0.140. The van der Waals surface area contributed by atoms with E-state index in [2.05, 4.69) is 21.3 Å². The lowest BCUT2D eigenvalue weighted by Gasteiger charge is -2.32. The number of Topliss-reactive ketones (excluding diaryl/α,β-unsaturated/α-hetero) is 1. The minimum absolute atomic E-state index is 0.0196. The number of benzene rings is 1. The molecule has 2 heterocycles. The molecule has 7 N–H and O–H groups in total. The van der Waals surface area contributed by atoms with E-state index in [0.717, 1.165) is 5.56 Å². The van der Waals surface area contributed by atoms with Crippen molar-refractivity contribution >= 4 is 82.1 Å². The first-order valence-corrected chi connectivity index (χ1v) is 23.8. The molecule has 0 radical (unpaired) electrons. The zero-order valence-electron chi connectivity index (χ0n) is 37.9. The Balaban J connectivity index is 1.56. The van der Waals surface area contributed by atoms with Gasteiger partial charge in [-0.05, 0) is 54.3 Å². The van der Waals surface area contributed by atoms with Crippen molar-refractivity contribution in [3.8, 4) is 0 Å². The van der Waals surface area contributed by atoms with Crippen LogP contribution < -0.4 is 21.3 Å². The number of ketones is 1. The highest BCUT2D eigenvalue weighted by molar-refractivity contribution is 7.98. The van der Waals surface area contributed by atoms with Crippen LogP contribution in [0.4, 0.5) is 5.69 Å². The first-order valence-electron chi connectivity index (χ1n) is 22.0. The van der Waals surface area contributed by atoms with E-state index in [4.69, 9.17) is 12.2 Å². The molecule has 3 rings (SSSR count). The van der Waals surface area contributed by atoms with Gasteiger partial charge >= 0.3 is 17.9 Å². The van der Waals surface area contributed by atoms with Crippen LogP contribution >= 0.6 is 24.0 Å². The van der Waals surface area contributed by atoms with Gasteiger partial charge in [0.15, 0.2) is 10.9 Å². The van der Waals surface area contributed by atoms with Crippen LogP contribution in [0.2, 0.25) is 0 Å². The molecule has 0 aromatic heterocycles. The summed E-state index contributed by atoms with van der Waals surface area (Å²) in [6.07, 6.45) is 3.21. The normalized spacial score (nSPS) is 18.7. The maximum absolute atomic E-state index is 13.8. The number of carboxylic acid groups (broad SMARTS) is 3. The van der Waals surface area contributed by atoms with Crippen molar-refractivity contribution in [1.82, 2.24) is 40.4 Å². The number of carboxylic acids is 3. The van der Waals surface area contributed by atoms with E-state index in [1.54, 1.807) is 45.5 Å². The van der Waals surface area contributed by atoms with Crippen LogP contribution in [-0.2, 0) is 44.9 Å². The summed E-state index contributed by atoms with van der Waals surface area (Å²) < 4.78 is 0. The molecular weight excluding hydrogens is 883 g/mol. The summed E-state index contributed by atoms with van der Waals surface area (Å²) in [5.74, 6) is -4.80. The summed E-state index contributed by atoms with van der Waals surface area (Å²) in [5.41, 5.74) is 1.43. The number of likely N-dealkylation sites (tertiary alicyclic amines) is 1. The third-order valence-electron chi connectivity index (χ3n) is 11.6. The predicted octanol–water partition coefficient (Wildman–Crippen LogP) is 0.319. The van der Waals surface area contributed by atoms with Crippen molar-refractivity contribution in [3.63, 3.8) is 0 Å². The molecule has 0 aliphatic carbocycles. The fourth-order valence-corrected chi connectivity index (χ4v) is 8.26. The van der Waals surface area contributed by atoms with Crippen LogP contribution in [0.25, 0.3) is 0 Å². The van der Waals surface area contributed by atoms with Crippen LogP contribution in [-0.4, -0.2) is 202 Å². The predicted molar refractivity (Wildman–Crippen MR) is 249 cm³/mol. The van der Waals surface area contributed by atoms with Crippen molar-refractivity contribution < 1.29 is 53.7 Å². The van der Waals surface area contributed by atoms with E-state index < -0.39 is 29.9 Å². The van der Waals surface area contributed by atoms with Gasteiger partial charge in [0, 0.05) is 102 Å². The Morgan fingerprint density at radius 1 is 0.800 bits per heavy atom. The van der Waals surface area contributed by atoms with Crippen LogP contribution in [0, 0.1) is 17.8 Å². The molecule has 2 fully saturated rings. The fourth-order valence-electron chi connectivity index (χ4n) is 7.53. The Morgan fingerprint density at radius 3 is 1.75 bits per heavy atom. The van der Waals surface area contributed by atoms with Crippen molar-refractivity contribution in [2.45, 2.75) is 59.0 Å². The topological polar surface area (TPSA) is 262 Å². The molecule has 22 heteroatoms. The quantitative estimate of drug-likeness (QED) is 0.0544. The van der Waals surface area contributed by atoms with Crippen molar-refractivity contribution in [3.05, 3.63) is 29.8 Å². The molecule has 2 aliphatic rings. The lowest BCUT2D eigenvalue weighted by atomic mass is 9.85. The van der Waals surface area contributed by atoms with Gasteiger partial charge in [0.05, 0.1) is 32.2 Å². The highest BCUT2D eigenvalue weighted by Gasteiger charge is 2.36. The number of carbonyl (C=O) groups excluding carboxylic acids is 5. The number of amides is 4. The Labute approximate surface area is 390 Å². The standard InChI is InChI=1S/C43H67N9O11S2/c1-5-29(2)33(41(62)44-11-12-52-37(55)22-30(3)42(52)63)23-35(53)34(10-21-65-4)47-43(64)46-32-8-6-31(7-9-32)24-45-36(54)25-48-13-15-49(26-38(56)57)17-19-51(28-40(60)61)20-18-50(16-14-48)27-39(58)59/h6-9,29-30,33-34H,5,10-28H2,1-4H3,(H,44,62)(H,45,54)(H,56,57)(H,58,59)(H,60,61)(H2,46,47,64)/t29-,30?,33-,34-/m0/s1. The third kappa shape index (κ3) is 20.1. The fraction of sp³-hybridized carbons (Fsp3) is 0.651. The monoisotopic (exact) mass is 949 g/mol. The summed E-state index contributed by atoms with van der Waals surface area (Å²) in [5, 5.41) is 40.6. The van der Waals surface area contributed by atoms with Crippen molar-refractivity contribution in [2.75, 3.05) is 109 Å². The van der Waals surface area contributed by atoms with Crippen molar-refractivity contribution in [1.29, 1.82) is 0 Å². The van der Waals surface area contributed by atoms with Gasteiger partial charge in [-0.3, -0.25) is 62.9 Å². The van der Waals surface area contributed by atoms with Gasteiger partial charge in [-0.2, -0.15) is 11.8 Å². The summed E-state index contributed by atoms with van der Waals surface area (Å²) in [7, 11) is 0. The molecule has 20 nitrogen and oxygen atoms in total. The molecule has 1 unspecified atom stereocenters. The van der Waals surface area contributed by atoms with Crippen LogP contribution in [0.5, 0.6) is 0 Å². The molecule has 4 atom stereocenters. The molecular formula is C43H67N9O11S2. The van der Waals surface area contributed by atoms with Crippen LogP contribution in [0.15, 0.2) is 24.3 Å². The van der Waals surface area contributed by atoms with Crippen LogP contribution in [0.1, 0.15) is 52.0 Å². The number of hydrogen-bond acceptors (Lipinski definition) is 14. The van der Waals surface area contributed by atoms with Gasteiger partial charge in [-0.15, -0.1) is 0 Å². The van der Waals surface area contributed by atoms with E-state index in [9.17, 15) is 53.7 Å². The number of nitrogens with zero attached hydrogens (tertiary/aromatic N) is 5. The molecule has 0 bridgehead atoms. The number of imide groups is 1. The molecule has 1 aromatic rings. The first kappa shape index (κ1) is 54.6. The van der Waals surface area contributed by atoms with Gasteiger partial charge in [0.2, 0.25) is 23.6 Å². The Bertz CT molecular complexity index is 1780. The SMILES string of the molecule is CC[C@H](C)[C@H](CC(=O)[C@H](CCSC)NC(=S)Nc1ccc(CNC(=O)CN2CCN(CC(=O)O)CCN(CC(=O)O)CCN(CC(=O)O)CC2)cc1)C(=O)NCCN1C(=O)CC(C)C1=O. The summed E-state index contributed by atoms with van der Waals surface area (Å²) in [4.78, 5) is 108. The highest BCUT2D eigenvalue weighted by Crippen LogP contribution is 2.22. The van der Waals surface area contributed by atoms with E-state index >= 15 is 0 Å². The maximum Gasteiger partial charge on any atom is 0.317 e. The van der Waals surface area contributed by atoms with E-state index in [1.807, 2.05) is 37.1 Å². The smallest absolute Gasteiger partial charge is 0.317 e. The minimum Gasteiger partial charge on any atom is -0.480 e. The second-order valence-electron chi connectivity index (χ2n) is 16.6. The second kappa shape index (κ2) is 28.3. The van der Waals surface area contributed by atoms with Crippen LogP contribution in [0.3, 0.4) is 0 Å². The molecule has 0 spiro atoms. The van der Waals surface area contributed by atoms with E-state index in [-0.39, 0.29) is 131 Å². The Morgan fingerprint density at radius 2 is 1.31 bits per heavy atom. The summed E-state index contributed by atoms with van der Waals surface area (Å²) in [6.45, 7) is 7.47. The third-order valence-corrected chi connectivity index (χ3v) is 12.4. The Kier molecular flexibility index (Phi) is 23.8. The molecule has 2 saturated heterocycles. The largest absolute Gasteiger partial charge is 0.480 e. The van der Waals surface area contributed by atoms with Gasteiger partial charge in [0.1, 0.15) is 0 Å². The highest BCUT2D eigenvalue weighted by atomic mass is 32.2. The summed E-state index contributed by atoms with van der Waals surface area (Å²) in [6, 6.07) is 6.52. The number of nitrogens with one attached hydrogen (secondary N) is 4. The number of hydrogen-bond donors (Lipinski definition) is 7. The second-order valence-corrected chi connectivity index (χ2v) is 18.0. The lowest BCUT2D eigenvalue weighted by Crippen LogP contribution is -2.49. The molecule has 0 saturated carbocycles. The first-order chi connectivity index (χ1) is 30.9. The number of aliphatic carboxylic acids is 3. The number of thioether (sulfide) groups is 1. The average molecular weight is 950 g/mol. The average Bonchev–Trinajstić information content (AvgIpc) is 3.49. The molecule has 65 heavy (non-hydrogen) atoms. The summed E-state index contributed by atoms with van der Waals surface area (Å²) >= 11 is 7.19. The van der Waals surface area contributed by atoms with Gasteiger partial charge < -0.3 is 36.6 Å². The van der Waals surface area contributed by atoms with Crippen molar-refractivity contribution in [2.24, 2.45) is 17.8 Å². The van der Waals surface area contributed by atoms with Gasteiger partial charge in [-0.25, -0.2) is 0 Å². The number of carbonyl (C=O) groups is 8. The zero-order chi connectivity index (χ0) is 48.1. The zero-order valence-corrected chi connectivity index (χ0v) is 39.6. The number of rotatable bonds is 24. The van der Waals surface area contributed by atoms with Gasteiger partial charge in [-0.1, -0.05) is 39.3 Å². The van der Waals surface area contributed by atoms with Gasteiger partial charge in [0.25, 0.3) is 0 Å². The number of thiocarbonyl (C=S) groups is 1. The molecule has 362 valence electrons. The Hall–Kier alpha value is -4.74.